The molecule has 0 aliphatic heterocycles. The van der Waals surface area contributed by atoms with Crippen molar-refractivity contribution in [3.05, 3.63) is 15.1 Å². The third-order valence-corrected chi connectivity index (χ3v) is 3.30. The number of rotatable bonds is 5. The molecule has 1 aromatic rings. The van der Waals surface area contributed by atoms with Gasteiger partial charge in [0.1, 0.15) is 5.82 Å². The van der Waals surface area contributed by atoms with Crippen molar-refractivity contribution < 1.29 is 9.53 Å². The molecule has 0 spiro atoms. The minimum absolute atomic E-state index is 0.114. The van der Waals surface area contributed by atoms with Crippen molar-refractivity contribution in [3.63, 3.8) is 0 Å². The summed E-state index contributed by atoms with van der Waals surface area (Å²) in [6.07, 6.45) is 1.75. The van der Waals surface area contributed by atoms with Gasteiger partial charge in [-0.2, -0.15) is 0 Å². The molecule has 0 radical (unpaired) electrons. The number of aromatic nitrogens is 2. The Kier molecular flexibility index (Phi) is 5.60. The predicted octanol–water partition coefficient (Wildman–Crippen LogP) is 2.25. The number of halogens is 1. The van der Waals surface area contributed by atoms with Crippen molar-refractivity contribution in [1.82, 2.24) is 9.97 Å². The number of carbonyl (C=O) groups is 1. The molecule has 0 bridgehead atoms. The number of ether oxygens (including phenoxy) is 1. The highest BCUT2D eigenvalue weighted by Crippen LogP contribution is 2.20. The number of anilines is 1. The average molecular weight is 349 g/mol. The van der Waals surface area contributed by atoms with E-state index in [1.54, 1.807) is 0 Å². The van der Waals surface area contributed by atoms with Gasteiger partial charge >= 0.3 is 5.97 Å². The standard InChI is InChI=1S/C11H16IN3O2/c1-4-6-13-9-8(12)7(5-2)14-10(15-9)11(16)17-3/h4-6H2,1-3H3,(H,13,14,15). The number of nitrogens with one attached hydrogen (secondary N) is 1. The fourth-order valence-corrected chi connectivity index (χ4v) is 2.08. The molecule has 0 saturated heterocycles. The van der Waals surface area contributed by atoms with Crippen LogP contribution in [0.1, 0.15) is 36.6 Å². The SMILES string of the molecule is CCCNc1nc(C(=O)OC)nc(CC)c1I. The Morgan fingerprint density at radius 3 is 2.65 bits per heavy atom. The van der Waals surface area contributed by atoms with E-state index in [9.17, 15) is 4.79 Å². The van der Waals surface area contributed by atoms with E-state index in [-0.39, 0.29) is 5.82 Å². The van der Waals surface area contributed by atoms with Crippen LogP contribution in [-0.2, 0) is 11.2 Å². The van der Waals surface area contributed by atoms with E-state index < -0.39 is 5.97 Å². The van der Waals surface area contributed by atoms with E-state index in [0.717, 1.165) is 28.7 Å². The van der Waals surface area contributed by atoms with Gasteiger partial charge in [-0.25, -0.2) is 14.8 Å². The van der Waals surface area contributed by atoms with E-state index in [2.05, 4.69) is 49.5 Å². The van der Waals surface area contributed by atoms with Crippen LogP contribution in [0.2, 0.25) is 0 Å². The Morgan fingerprint density at radius 2 is 2.12 bits per heavy atom. The van der Waals surface area contributed by atoms with Crippen LogP contribution in [0.5, 0.6) is 0 Å². The maximum Gasteiger partial charge on any atom is 0.376 e. The quantitative estimate of drug-likeness (QED) is 0.653. The fourth-order valence-electron chi connectivity index (χ4n) is 1.27. The summed E-state index contributed by atoms with van der Waals surface area (Å²) in [5, 5.41) is 3.19. The molecule has 6 heteroatoms. The van der Waals surface area contributed by atoms with E-state index in [1.165, 1.54) is 7.11 Å². The molecule has 17 heavy (non-hydrogen) atoms. The Balaban J connectivity index is 3.13. The van der Waals surface area contributed by atoms with Crippen LogP contribution in [0, 0.1) is 3.57 Å². The molecule has 0 aliphatic carbocycles. The molecule has 1 aromatic heterocycles. The number of nitrogens with zero attached hydrogens (tertiary/aromatic N) is 2. The van der Waals surface area contributed by atoms with E-state index >= 15 is 0 Å². The second-order valence-electron chi connectivity index (χ2n) is 3.43. The summed E-state index contributed by atoms with van der Waals surface area (Å²) in [5.41, 5.74) is 0.861. The van der Waals surface area contributed by atoms with Crippen LogP contribution in [0.25, 0.3) is 0 Å². The summed E-state index contributed by atoms with van der Waals surface area (Å²) < 4.78 is 5.61. The van der Waals surface area contributed by atoms with Crippen molar-refractivity contribution in [2.45, 2.75) is 26.7 Å². The molecular formula is C11H16IN3O2. The summed E-state index contributed by atoms with van der Waals surface area (Å²) in [4.78, 5) is 19.8. The first kappa shape index (κ1) is 14.1. The molecule has 1 heterocycles. The van der Waals surface area contributed by atoms with Gasteiger partial charge in [0.2, 0.25) is 5.82 Å². The highest BCUT2D eigenvalue weighted by atomic mass is 127. The van der Waals surface area contributed by atoms with E-state index in [1.807, 2.05) is 6.92 Å². The number of carbonyl (C=O) groups excluding carboxylic acids is 1. The zero-order valence-corrected chi connectivity index (χ0v) is 12.4. The lowest BCUT2D eigenvalue weighted by Gasteiger charge is -2.10. The smallest absolute Gasteiger partial charge is 0.376 e. The third-order valence-electron chi connectivity index (χ3n) is 2.17. The second-order valence-corrected chi connectivity index (χ2v) is 4.51. The zero-order valence-electron chi connectivity index (χ0n) is 10.2. The van der Waals surface area contributed by atoms with E-state index in [4.69, 9.17) is 0 Å². The lowest BCUT2D eigenvalue weighted by molar-refractivity contribution is 0.0586. The largest absolute Gasteiger partial charge is 0.463 e. The first-order chi connectivity index (χ1) is 8.13. The van der Waals surface area contributed by atoms with Crippen molar-refractivity contribution in [2.24, 2.45) is 0 Å². The molecule has 1 rings (SSSR count). The van der Waals surface area contributed by atoms with Crippen LogP contribution in [0.15, 0.2) is 0 Å². The highest BCUT2D eigenvalue weighted by molar-refractivity contribution is 14.1. The number of aryl methyl sites for hydroxylation is 1. The van der Waals surface area contributed by atoms with Crippen LogP contribution < -0.4 is 5.32 Å². The number of hydrogen-bond donors (Lipinski definition) is 1. The lowest BCUT2D eigenvalue weighted by atomic mass is 10.3. The summed E-state index contributed by atoms with van der Waals surface area (Å²) in [5.74, 6) is 0.318. The lowest BCUT2D eigenvalue weighted by Crippen LogP contribution is -2.14. The van der Waals surface area contributed by atoms with Crippen LogP contribution in [0.4, 0.5) is 5.82 Å². The third kappa shape index (κ3) is 3.52. The van der Waals surface area contributed by atoms with Gasteiger partial charge in [-0.05, 0) is 35.4 Å². The minimum Gasteiger partial charge on any atom is -0.463 e. The Labute approximate surface area is 115 Å². The monoisotopic (exact) mass is 349 g/mol. The molecule has 0 atom stereocenters. The van der Waals surface area contributed by atoms with Crippen LogP contribution >= 0.6 is 22.6 Å². The van der Waals surface area contributed by atoms with Crippen molar-refractivity contribution >= 4 is 34.4 Å². The number of methoxy groups -OCH3 is 1. The van der Waals surface area contributed by atoms with Gasteiger partial charge in [-0.1, -0.05) is 13.8 Å². The molecule has 0 unspecified atom stereocenters. The van der Waals surface area contributed by atoms with Crippen LogP contribution in [0.3, 0.4) is 0 Å². The molecule has 0 amide bonds. The maximum absolute atomic E-state index is 11.4. The van der Waals surface area contributed by atoms with Gasteiger partial charge in [0.25, 0.3) is 0 Å². The van der Waals surface area contributed by atoms with Crippen LogP contribution in [-0.4, -0.2) is 29.6 Å². The maximum atomic E-state index is 11.4. The van der Waals surface area contributed by atoms with Gasteiger partial charge in [0.15, 0.2) is 0 Å². The Hall–Kier alpha value is -0.920. The molecule has 0 saturated carbocycles. The minimum atomic E-state index is -0.504. The zero-order chi connectivity index (χ0) is 12.8. The first-order valence-electron chi connectivity index (χ1n) is 5.52. The molecule has 0 fully saturated rings. The average Bonchev–Trinajstić information content (AvgIpc) is 2.36. The summed E-state index contributed by atoms with van der Waals surface area (Å²) >= 11 is 2.19. The van der Waals surface area contributed by atoms with Crippen molar-refractivity contribution in [2.75, 3.05) is 19.0 Å². The molecule has 94 valence electrons. The summed E-state index contributed by atoms with van der Waals surface area (Å²) in [7, 11) is 1.33. The number of hydrogen-bond acceptors (Lipinski definition) is 5. The first-order valence-corrected chi connectivity index (χ1v) is 6.60. The molecule has 0 aliphatic rings. The Bertz CT molecular complexity index is 410. The molecular weight excluding hydrogens is 333 g/mol. The molecule has 5 nitrogen and oxygen atoms in total. The normalized spacial score (nSPS) is 10.1. The summed E-state index contributed by atoms with van der Waals surface area (Å²) in [6, 6.07) is 0. The summed E-state index contributed by atoms with van der Waals surface area (Å²) in [6.45, 7) is 4.88. The Morgan fingerprint density at radius 1 is 1.41 bits per heavy atom. The van der Waals surface area contributed by atoms with Gasteiger partial charge in [-0.3, -0.25) is 0 Å². The number of esters is 1. The van der Waals surface area contributed by atoms with Gasteiger partial charge in [-0.15, -0.1) is 0 Å². The highest BCUT2D eigenvalue weighted by Gasteiger charge is 2.16. The van der Waals surface area contributed by atoms with Crippen molar-refractivity contribution in [3.8, 4) is 0 Å². The topological polar surface area (TPSA) is 64.1 Å². The van der Waals surface area contributed by atoms with Gasteiger partial charge in [0, 0.05) is 6.54 Å². The van der Waals surface area contributed by atoms with Crippen molar-refractivity contribution in [1.29, 1.82) is 0 Å². The fraction of sp³-hybridized carbons (Fsp3) is 0.545. The second kappa shape index (κ2) is 6.73. The van der Waals surface area contributed by atoms with Gasteiger partial charge < -0.3 is 10.1 Å². The predicted molar refractivity (Wildman–Crippen MR) is 74.2 cm³/mol. The molecule has 0 aromatic carbocycles. The van der Waals surface area contributed by atoms with E-state index in [0.29, 0.717) is 5.82 Å². The van der Waals surface area contributed by atoms with Gasteiger partial charge in [0.05, 0.1) is 16.4 Å². The molecule has 1 N–H and O–H groups in total.